The molecular weight excluding hydrogens is 222 g/mol. The van der Waals surface area contributed by atoms with Gasteiger partial charge in [0.15, 0.2) is 0 Å². The third-order valence-electron chi connectivity index (χ3n) is 4.08. The summed E-state index contributed by atoms with van der Waals surface area (Å²) < 4.78 is 0. The van der Waals surface area contributed by atoms with Crippen LogP contribution in [0.4, 0.5) is 0 Å². The summed E-state index contributed by atoms with van der Waals surface area (Å²) in [7, 11) is 1.62. The Bertz CT molecular complexity index is 337. The van der Waals surface area contributed by atoms with Gasteiger partial charge in [-0.1, -0.05) is 12.8 Å². The Morgan fingerprint density at radius 2 is 1.82 bits per heavy atom. The summed E-state index contributed by atoms with van der Waals surface area (Å²) in [5.74, 6) is -1.37. The monoisotopic (exact) mass is 241 g/mol. The molecule has 5 nitrogen and oxygen atoms in total. The van der Waals surface area contributed by atoms with E-state index in [0.29, 0.717) is 19.3 Å². The molecule has 0 aliphatic heterocycles. The average molecular weight is 241 g/mol. The number of aliphatic carboxylic acids is 1. The average Bonchev–Trinajstić information content (AvgIpc) is 3.09. The van der Waals surface area contributed by atoms with Gasteiger partial charge in [-0.3, -0.25) is 9.59 Å². The summed E-state index contributed by atoms with van der Waals surface area (Å²) in [6.45, 7) is 0. The van der Waals surface area contributed by atoms with Gasteiger partial charge in [-0.2, -0.15) is 0 Å². The second-order valence-corrected chi connectivity index (χ2v) is 5.22. The van der Waals surface area contributed by atoms with E-state index < -0.39 is 17.5 Å². The zero-order valence-electron chi connectivity index (χ0n) is 10.1. The van der Waals surface area contributed by atoms with Crippen LogP contribution in [0.1, 0.15) is 38.5 Å². The number of carbonyl (C=O) groups is 2. The van der Waals surface area contributed by atoms with Crippen molar-refractivity contribution < 1.29 is 19.8 Å². The minimum absolute atomic E-state index is 0.215. The first-order valence-corrected chi connectivity index (χ1v) is 6.18. The molecule has 1 amide bonds. The zero-order valence-corrected chi connectivity index (χ0v) is 10.1. The molecule has 2 N–H and O–H groups in total. The normalized spacial score (nSPS) is 30.7. The number of carbonyl (C=O) groups excluding carboxylic acids is 1. The molecule has 2 fully saturated rings. The van der Waals surface area contributed by atoms with Crippen molar-refractivity contribution in [2.24, 2.45) is 5.41 Å². The van der Waals surface area contributed by atoms with E-state index in [-0.39, 0.29) is 11.9 Å². The summed E-state index contributed by atoms with van der Waals surface area (Å²) in [6, 6.07) is -0.215. The summed E-state index contributed by atoms with van der Waals surface area (Å²) in [6.07, 6.45) is 3.76. The van der Waals surface area contributed by atoms with Gasteiger partial charge < -0.3 is 15.1 Å². The third-order valence-corrected chi connectivity index (χ3v) is 4.08. The fourth-order valence-electron chi connectivity index (χ4n) is 2.68. The van der Waals surface area contributed by atoms with E-state index in [2.05, 4.69) is 0 Å². The number of aliphatic hydroxyl groups is 1. The predicted molar refractivity (Wildman–Crippen MR) is 60.3 cm³/mol. The number of hydrogen-bond acceptors (Lipinski definition) is 3. The number of carboxylic acid groups (broad SMARTS) is 1. The van der Waals surface area contributed by atoms with Gasteiger partial charge in [0.05, 0.1) is 12.1 Å². The lowest BCUT2D eigenvalue weighted by molar-refractivity contribution is -0.155. The summed E-state index contributed by atoms with van der Waals surface area (Å²) >= 11 is 0. The Morgan fingerprint density at radius 1 is 1.24 bits per heavy atom. The summed E-state index contributed by atoms with van der Waals surface area (Å²) in [5.41, 5.74) is -1.19. The molecule has 2 saturated carbocycles. The number of amides is 1. The standard InChI is InChI=1S/C12H19NO4/c1-13(8-4-2-3-5-9(8)14)10(15)12(6-7-12)11(16)17/h8-9,14H,2-7H2,1H3,(H,16,17). The van der Waals surface area contributed by atoms with Crippen LogP contribution in [-0.2, 0) is 9.59 Å². The number of carboxylic acids is 1. The molecule has 0 aromatic rings. The van der Waals surface area contributed by atoms with Crippen LogP contribution in [0.3, 0.4) is 0 Å². The molecule has 2 aliphatic rings. The molecule has 0 spiro atoms. The molecule has 0 heterocycles. The van der Waals surface area contributed by atoms with Crippen molar-refractivity contribution in [1.29, 1.82) is 0 Å². The molecule has 0 aromatic carbocycles. The van der Waals surface area contributed by atoms with E-state index in [4.69, 9.17) is 5.11 Å². The minimum Gasteiger partial charge on any atom is -0.480 e. The van der Waals surface area contributed by atoms with Gasteiger partial charge in [0.1, 0.15) is 5.41 Å². The molecule has 2 rings (SSSR count). The molecule has 2 aliphatic carbocycles. The van der Waals surface area contributed by atoms with Gasteiger partial charge in [-0.25, -0.2) is 0 Å². The van der Waals surface area contributed by atoms with E-state index in [9.17, 15) is 14.7 Å². The number of aliphatic hydroxyl groups excluding tert-OH is 1. The maximum atomic E-state index is 12.1. The summed E-state index contributed by atoms with van der Waals surface area (Å²) in [5, 5.41) is 18.9. The number of hydrogen-bond donors (Lipinski definition) is 2. The van der Waals surface area contributed by atoms with Crippen molar-refractivity contribution in [3.63, 3.8) is 0 Å². The van der Waals surface area contributed by atoms with Crippen LogP contribution in [0, 0.1) is 5.41 Å². The molecule has 5 heteroatoms. The second-order valence-electron chi connectivity index (χ2n) is 5.22. The molecule has 2 atom stereocenters. The van der Waals surface area contributed by atoms with Gasteiger partial charge in [-0.15, -0.1) is 0 Å². The van der Waals surface area contributed by atoms with E-state index in [0.717, 1.165) is 19.3 Å². The largest absolute Gasteiger partial charge is 0.480 e. The molecule has 17 heavy (non-hydrogen) atoms. The van der Waals surface area contributed by atoms with Crippen LogP contribution in [0.15, 0.2) is 0 Å². The van der Waals surface area contributed by atoms with Crippen molar-refractivity contribution in [2.75, 3.05) is 7.05 Å². The molecule has 0 aromatic heterocycles. The lowest BCUT2D eigenvalue weighted by Gasteiger charge is -2.36. The van der Waals surface area contributed by atoms with Crippen LogP contribution < -0.4 is 0 Å². The van der Waals surface area contributed by atoms with Gasteiger partial charge in [0, 0.05) is 7.05 Å². The van der Waals surface area contributed by atoms with Crippen molar-refractivity contribution in [3.8, 4) is 0 Å². The Balaban J connectivity index is 2.07. The van der Waals surface area contributed by atoms with Gasteiger partial charge in [0.2, 0.25) is 5.91 Å². The fraction of sp³-hybridized carbons (Fsp3) is 0.833. The van der Waals surface area contributed by atoms with Crippen molar-refractivity contribution in [2.45, 2.75) is 50.7 Å². The molecule has 0 saturated heterocycles. The van der Waals surface area contributed by atoms with Crippen molar-refractivity contribution in [1.82, 2.24) is 4.90 Å². The molecule has 2 unspecified atom stereocenters. The van der Waals surface area contributed by atoms with E-state index in [1.807, 2.05) is 0 Å². The van der Waals surface area contributed by atoms with E-state index in [1.165, 1.54) is 4.90 Å². The molecular formula is C12H19NO4. The SMILES string of the molecule is CN(C(=O)C1(C(=O)O)CC1)C1CCCCC1O. The van der Waals surface area contributed by atoms with E-state index >= 15 is 0 Å². The molecule has 96 valence electrons. The number of likely N-dealkylation sites (N-methyl/N-ethyl adjacent to an activating group) is 1. The Morgan fingerprint density at radius 3 is 2.29 bits per heavy atom. The van der Waals surface area contributed by atoms with Gasteiger partial charge in [0.25, 0.3) is 0 Å². The zero-order chi connectivity index (χ0) is 12.6. The maximum Gasteiger partial charge on any atom is 0.319 e. The van der Waals surface area contributed by atoms with E-state index in [1.54, 1.807) is 7.05 Å². The smallest absolute Gasteiger partial charge is 0.319 e. The van der Waals surface area contributed by atoms with Crippen molar-refractivity contribution in [3.05, 3.63) is 0 Å². The Labute approximate surface area is 100 Å². The highest BCUT2D eigenvalue weighted by atomic mass is 16.4. The Kier molecular flexibility index (Phi) is 3.12. The first kappa shape index (κ1) is 12.4. The first-order valence-electron chi connectivity index (χ1n) is 6.18. The molecule has 0 bridgehead atoms. The number of rotatable bonds is 3. The maximum absolute atomic E-state index is 12.1. The van der Waals surface area contributed by atoms with Crippen LogP contribution in [0.2, 0.25) is 0 Å². The third kappa shape index (κ3) is 2.04. The van der Waals surface area contributed by atoms with Crippen molar-refractivity contribution >= 4 is 11.9 Å². The van der Waals surface area contributed by atoms with Crippen LogP contribution in [0.25, 0.3) is 0 Å². The highest BCUT2D eigenvalue weighted by Crippen LogP contribution is 2.48. The van der Waals surface area contributed by atoms with Gasteiger partial charge >= 0.3 is 5.97 Å². The quantitative estimate of drug-likeness (QED) is 0.710. The van der Waals surface area contributed by atoms with Gasteiger partial charge in [-0.05, 0) is 25.7 Å². The molecule has 0 radical (unpaired) electrons. The topological polar surface area (TPSA) is 77.8 Å². The lowest BCUT2D eigenvalue weighted by Crippen LogP contribution is -2.50. The summed E-state index contributed by atoms with van der Waals surface area (Å²) in [4.78, 5) is 24.7. The lowest BCUT2D eigenvalue weighted by atomic mass is 9.90. The van der Waals surface area contributed by atoms with Crippen LogP contribution in [0.5, 0.6) is 0 Å². The highest BCUT2D eigenvalue weighted by molar-refractivity contribution is 6.04. The second kappa shape index (κ2) is 4.29. The Hall–Kier alpha value is -1.10. The highest BCUT2D eigenvalue weighted by Gasteiger charge is 2.59. The predicted octanol–water partition coefficient (Wildman–Crippen LogP) is 0.613. The number of nitrogens with zero attached hydrogens (tertiary/aromatic N) is 1. The fourth-order valence-corrected chi connectivity index (χ4v) is 2.68. The van der Waals surface area contributed by atoms with Crippen LogP contribution >= 0.6 is 0 Å². The minimum atomic E-state index is -1.19. The first-order chi connectivity index (χ1) is 7.99. The van der Waals surface area contributed by atoms with Crippen LogP contribution in [-0.4, -0.2) is 46.2 Å².